The summed E-state index contributed by atoms with van der Waals surface area (Å²) in [6, 6.07) is 9.98. The van der Waals surface area contributed by atoms with Gasteiger partial charge < -0.3 is 0 Å². The normalized spacial score (nSPS) is 11.2. The van der Waals surface area contributed by atoms with Crippen LogP contribution in [-0.2, 0) is 15.8 Å². The molecule has 0 atom stereocenters. The summed E-state index contributed by atoms with van der Waals surface area (Å²) < 4.78 is 26.6. The molecule has 0 saturated heterocycles. The number of rotatable bonds is 5. The summed E-state index contributed by atoms with van der Waals surface area (Å²) in [6.45, 7) is 0. The molecule has 0 radical (unpaired) electrons. The topological polar surface area (TPSA) is 89.3 Å². The van der Waals surface area contributed by atoms with Gasteiger partial charge in [0.25, 0.3) is 5.69 Å². The standard InChI is InChI=1S/C13H10Cl2N2O4S/c14-11-5-2-6-12(15)13(11)16-22(20,21)8-9-3-1-4-10(7-9)17(18)19/h1-7,16H,8H2. The van der Waals surface area contributed by atoms with Gasteiger partial charge in [-0.3, -0.25) is 14.8 Å². The van der Waals surface area contributed by atoms with Gasteiger partial charge in [0, 0.05) is 12.1 Å². The Morgan fingerprint density at radius 1 is 1.09 bits per heavy atom. The summed E-state index contributed by atoms with van der Waals surface area (Å²) in [5.74, 6) is -0.434. The molecule has 22 heavy (non-hydrogen) atoms. The number of nitro groups is 1. The van der Waals surface area contributed by atoms with Crippen molar-refractivity contribution in [3.05, 3.63) is 68.2 Å². The summed E-state index contributed by atoms with van der Waals surface area (Å²) in [6.07, 6.45) is 0. The molecule has 6 nitrogen and oxygen atoms in total. The molecule has 116 valence electrons. The van der Waals surface area contributed by atoms with Crippen molar-refractivity contribution in [3.63, 3.8) is 0 Å². The Balaban J connectivity index is 2.25. The number of non-ortho nitro benzene ring substituents is 1. The minimum atomic E-state index is -3.82. The molecule has 0 fully saturated rings. The Morgan fingerprint density at radius 2 is 1.68 bits per heavy atom. The molecular weight excluding hydrogens is 351 g/mol. The van der Waals surface area contributed by atoms with Gasteiger partial charge in [-0.15, -0.1) is 0 Å². The Hall–Kier alpha value is -1.83. The van der Waals surface area contributed by atoms with Crippen molar-refractivity contribution >= 4 is 44.6 Å². The minimum absolute atomic E-state index is 0.0799. The fourth-order valence-corrected chi connectivity index (χ4v) is 3.59. The van der Waals surface area contributed by atoms with Gasteiger partial charge in [0.05, 0.1) is 26.4 Å². The van der Waals surface area contributed by atoms with E-state index in [0.717, 1.165) is 0 Å². The molecule has 0 spiro atoms. The number of anilines is 1. The molecule has 2 aromatic carbocycles. The number of hydrogen-bond acceptors (Lipinski definition) is 4. The Kier molecular flexibility index (Phi) is 4.90. The fourth-order valence-electron chi connectivity index (χ4n) is 1.77. The summed E-state index contributed by atoms with van der Waals surface area (Å²) >= 11 is 11.8. The van der Waals surface area contributed by atoms with Crippen LogP contribution in [0.5, 0.6) is 0 Å². The molecular formula is C13H10Cl2N2O4S. The van der Waals surface area contributed by atoms with Crippen LogP contribution in [0.4, 0.5) is 11.4 Å². The highest BCUT2D eigenvalue weighted by Crippen LogP contribution is 2.31. The van der Waals surface area contributed by atoms with E-state index in [-0.39, 0.29) is 27.0 Å². The average Bonchev–Trinajstić information content (AvgIpc) is 2.43. The molecule has 1 N–H and O–H groups in total. The zero-order valence-electron chi connectivity index (χ0n) is 11.0. The van der Waals surface area contributed by atoms with Crippen molar-refractivity contribution in [2.45, 2.75) is 5.75 Å². The van der Waals surface area contributed by atoms with E-state index in [1.54, 1.807) is 6.07 Å². The smallest absolute Gasteiger partial charge is 0.269 e. The van der Waals surface area contributed by atoms with Gasteiger partial charge in [0.2, 0.25) is 10.0 Å². The van der Waals surface area contributed by atoms with Gasteiger partial charge in [-0.05, 0) is 17.7 Å². The number of nitro benzene ring substituents is 1. The maximum Gasteiger partial charge on any atom is 0.269 e. The lowest BCUT2D eigenvalue weighted by Gasteiger charge is -2.11. The number of nitrogens with one attached hydrogen (secondary N) is 1. The second kappa shape index (κ2) is 6.51. The Morgan fingerprint density at radius 3 is 2.27 bits per heavy atom. The van der Waals surface area contributed by atoms with E-state index >= 15 is 0 Å². The molecule has 0 heterocycles. The van der Waals surface area contributed by atoms with Crippen molar-refractivity contribution < 1.29 is 13.3 Å². The predicted molar refractivity (Wildman–Crippen MR) is 85.8 cm³/mol. The second-order valence-electron chi connectivity index (χ2n) is 4.38. The highest BCUT2D eigenvalue weighted by Gasteiger charge is 2.17. The third-order valence-electron chi connectivity index (χ3n) is 2.70. The molecule has 0 aliphatic heterocycles. The van der Waals surface area contributed by atoms with Gasteiger partial charge in [0.1, 0.15) is 0 Å². The molecule has 0 aromatic heterocycles. The SMILES string of the molecule is O=[N+]([O-])c1cccc(CS(=O)(=O)Nc2c(Cl)cccc2Cl)c1. The second-order valence-corrected chi connectivity index (χ2v) is 6.92. The molecule has 9 heteroatoms. The zero-order chi connectivity index (χ0) is 16.3. The van der Waals surface area contributed by atoms with E-state index in [2.05, 4.69) is 4.72 Å². The third-order valence-corrected chi connectivity index (χ3v) is 4.56. The first kappa shape index (κ1) is 16.5. The molecule has 0 amide bonds. The lowest BCUT2D eigenvalue weighted by Crippen LogP contribution is -2.15. The van der Waals surface area contributed by atoms with Gasteiger partial charge >= 0.3 is 0 Å². The summed E-state index contributed by atoms with van der Waals surface area (Å²) in [4.78, 5) is 10.1. The van der Waals surface area contributed by atoms with Crippen LogP contribution in [0.1, 0.15) is 5.56 Å². The summed E-state index contributed by atoms with van der Waals surface area (Å²) in [5, 5.41) is 11.0. The lowest BCUT2D eigenvalue weighted by atomic mass is 10.2. The van der Waals surface area contributed by atoms with Crippen molar-refractivity contribution in [2.75, 3.05) is 4.72 Å². The van der Waals surface area contributed by atoms with E-state index in [1.165, 1.54) is 36.4 Å². The average molecular weight is 361 g/mol. The van der Waals surface area contributed by atoms with Crippen LogP contribution >= 0.6 is 23.2 Å². The first-order valence-corrected chi connectivity index (χ1v) is 8.37. The predicted octanol–water partition coefficient (Wildman–Crippen LogP) is 3.84. The molecule has 0 saturated carbocycles. The maximum absolute atomic E-state index is 12.2. The Bertz CT molecular complexity index is 804. The van der Waals surface area contributed by atoms with Crippen molar-refractivity contribution in [2.24, 2.45) is 0 Å². The zero-order valence-corrected chi connectivity index (χ0v) is 13.3. The van der Waals surface area contributed by atoms with Gasteiger partial charge in [0.15, 0.2) is 0 Å². The van der Waals surface area contributed by atoms with Crippen LogP contribution in [-0.4, -0.2) is 13.3 Å². The number of sulfonamides is 1. The highest BCUT2D eigenvalue weighted by atomic mass is 35.5. The lowest BCUT2D eigenvalue weighted by molar-refractivity contribution is -0.384. The fraction of sp³-hybridized carbons (Fsp3) is 0.0769. The van der Waals surface area contributed by atoms with E-state index < -0.39 is 20.7 Å². The molecule has 0 bridgehead atoms. The van der Waals surface area contributed by atoms with Gasteiger partial charge in [-0.2, -0.15) is 0 Å². The number of benzene rings is 2. The molecule has 0 unspecified atom stereocenters. The van der Waals surface area contributed by atoms with Crippen molar-refractivity contribution in [1.29, 1.82) is 0 Å². The monoisotopic (exact) mass is 360 g/mol. The summed E-state index contributed by atoms with van der Waals surface area (Å²) in [5.41, 5.74) is 0.185. The largest absolute Gasteiger partial charge is 0.280 e. The van der Waals surface area contributed by atoms with Gasteiger partial charge in [-0.1, -0.05) is 41.4 Å². The van der Waals surface area contributed by atoms with Crippen LogP contribution < -0.4 is 4.72 Å². The van der Waals surface area contributed by atoms with Crippen LogP contribution in [0, 0.1) is 10.1 Å². The third kappa shape index (κ3) is 4.09. The van der Waals surface area contributed by atoms with Crippen LogP contribution in [0.25, 0.3) is 0 Å². The quantitative estimate of drug-likeness (QED) is 0.647. The van der Waals surface area contributed by atoms with E-state index in [1.807, 2.05) is 0 Å². The highest BCUT2D eigenvalue weighted by molar-refractivity contribution is 7.91. The molecule has 0 aliphatic rings. The number of halogens is 2. The Labute approximate surface area is 136 Å². The number of hydrogen-bond donors (Lipinski definition) is 1. The van der Waals surface area contributed by atoms with E-state index in [0.29, 0.717) is 0 Å². The van der Waals surface area contributed by atoms with Crippen molar-refractivity contribution in [3.8, 4) is 0 Å². The van der Waals surface area contributed by atoms with Crippen LogP contribution in [0.3, 0.4) is 0 Å². The number of nitrogens with zero attached hydrogens (tertiary/aromatic N) is 1. The molecule has 2 rings (SSSR count). The first-order valence-electron chi connectivity index (χ1n) is 5.96. The maximum atomic E-state index is 12.2. The molecule has 2 aromatic rings. The van der Waals surface area contributed by atoms with Crippen LogP contribution in [0.2, 0.25) is 10.0 Å². The van der Waals surface area contributed by atoms with Crippen molar-refractivity contribution in [1.82, 2.24) is 0 Å². The van der Waals surface area contributed by atoms with Gasteiger partial charge in [-0.25, -0.2) is 8.42 Å². The summed E-state index contributed by atoms with van der Waals surface area (Å²) in [7, 11) is -3.82. The molecule has 0 aliphatic carbocycles. The van der Waals surface area contributed by atoms with E-state index in [9.17, 15) is 18.5 Å². The van der Waals surface area contributed by atoms with E-state index in [4.69, 9.17) is 23.2 Å². The number of para-hydroxylation sites is 1. The minimum Gasteiger partial charge on any atom is -0.280 e. The first-order chi connectivity index (χ1) is 10.3. The van der Waals surface area contributed by atoms with Crippen LogP contribution in [0.15, 0.2) is 42.5 Å².